The second-order valence-corrected chi connectivity index (χ2v) is 2.48. The van der Waals surface area contributed by atoms with Gasteiger partial charge >= 0.3 is 0 Å². The third kappa shape index (κ3) is 1.90. The Bertz CT molecular complexity index is 230. The van der Waals surface area contributed by atoms with E-state index in [4.69, 9.17) is 0 Å². The summed E-state index contributed by atoms with van der Waals surface area (Å²) in [5.41, 5.74) is 0.665. The summed E-state index contributed by atoms with van der Waals surface area (Å²) in [5.74, 6) is 0. The molecule has 0 atom stereocenters. The molecule has 1 rings (SSSR count). The molecule has 60 valence electrons. The van der Waals surface area contributed by atoms with Crippen LogP contribution in [-0.4, -0.2) is 15.8 Å². The van der Waals surface area contributed by atoms with Gasteiger partial charge in [-0.05, 0) is 6.42 Å². The van der Waals surface area contributed by atoms with E-state index in [1.165, 1.54) is 0 Å². The maximum atomic E-state index is 10.4. The number of hydrogen-bond acceptors (Lipinski definition) is 2. The number of unbranched alkanes of at least 4 members (excludes halogenated alkanes) is 1. The largest absolute Gasteiger partial charge is 0.328 e. The summed E-state index contributed by atoms with van der Waals surface area (Å²) >= 11 is 0. The van der Waals surface area contributed by atoms with Gasteiger partial charge in [0.05, 0.1) is 12.5 Å². The second-order valence-electron chi connectivity index (χ2n) is 2.48. The summed E-state index contributed by atoms with van der Waals surface area (Å²) in [6.45, 7) is 3.02. The molecule has 1 heterocycles. The summed E-state index contributed by atoms with van der Waals surface area (Å²) in [5, 5.41) is 0. The van der Waals surface area contributed by atoms with Crippen LogP contribution >= 0.6 is 0 Å². The van der Waals surface area contributed by atoms with E-state index in [1.807, 2.05) is 4.57 Å². The normalized spacial score (nSPS) is 9.91. The van der Waals surface area contributed by atoms with E-state index in [0.717, 1.165) is 25.7 Å². The molecule has 11 heavy (non-hydrogen) atoms. The smallest absolute Gasteiger partial charge is 0.168 e. The van der Waals surface area contributed by atoms with E-state index in [9.17, 15) is 4.79 Å². The van der Waals surface area contributed by atoms with Crippen LogP contribution in [0.3, 0.4) is 0 Å². The Hall–Kier alpha value is -1.12. The highest BCUT2D eigenvalue weighted by Crippen LogP contribution is 1.98. The third-order valence-corrected chi connectivity index (χ3v) is 1.62. The fraction of sp³-hybridized carbons (Fsp3) is 0.500. The highest BCUT2D eigenvalue weighted by Gasteiger charge is 1.97. The lowest BCUT2D eigenvalue weighted by atomic mass is 10.3. The molecule has 0 amide bonds. The van der Waals surface area contributed by atoms with Crippen molar-refractivity contribution in [2.75, 3.05) is 0 Å². The zero-order valence-corrected chi connectivity index (χ0v) is 6.66. The summed E-state index contributed by atoms with van der Waals surface area (Å²) in [4.78, 5) is 14.3. The van der Waals surface area contributed by atoms with Crippen LogP contribution < -0.4 is 0 Å². The number of aromatic nitrogens is 2. The van der Waals surface area contributed by atoms with Gasteiger partial charge in [0.2, 0.25) is 0 Å². The SMILES string of the molecule is CCCCn1cncc1C=O. The molecule has 0 aliphatic rings. The number of aldehydes is 1. The average molecular weight is 152 g/mol. The number of aryl methyl sites for hydroxylation is 1. The second kappa shape index (κ2) is 3.91. The molecule has 0 radical (unpaired) electrons. The molecule has 0 aromatic carbocycles. The summed E-state index contributed by atoms with van der Waals surface area (Å²) in [6.07, 6.45) is 6.35. The van der Waals surface area contributed by atoms with Crippen LogP contribution in [0, 0.1) is 0 Å². The van der Waals surface area contributed by atoms with Crippen molar-refractivity contribution in [3.05, 3.63) is 18.2 Å². The molecule has 0 saturated heterocycles. The molecule has 1 aromatic heterocycles. The van der Waals surface area contributed by atoms with Crippen molar-refractivity contribution in [2.45, 2.75) is 26.3 Å². The minimum Gasteiger partial charge on any atom is -0.328 e. The van der Waals surface area contributed by atoms with Gasteiger partial charge in [0.25, 0.3) is 0 Å². The van der Waals surface area contributed by atoms with Crippen LogP contribution in [-0.2, 0) is 6.54 Å². The van der Waals surface area contributed by atoms with Crippen molar-refractivity contribution in [3.8, 4) is 0 Å². The van der Waals surface area contributed by atoms with E-state index < -0.39 is 0 Å². The molecule has 0 spiro atoms. The van der Waals surface area contributed by atoms with Crippen molar-refractivity contribution >= 4 is 6.29 Å². The number of rotatable bonds is 4. The Kier molecular flexibility index (Phi) is 2.83. The van der Waals surface area contributed by atoms with Gasteiger partial charge in [0, 0.05) is 6.54 Å². The van der Waals surface area contributed by atoms with Crippen molar-refractivity contribution < 1.29 is 4.79 Å². The van der Waals surface area contributed by atoms with E-state index in [2.05, 4.69) is 11.9 Å². The molecular formula is C8H12N2O. The van der Waals surface area contributed by atoms with Gasteiger partial charge in [-0.1, -0.05) is 13.3 Å². The Labute approximate surface area is 66.1 Å². The van der Waals surface area contributed by atoms with E-state index in [0.29, 0.717) is 5.69 Å². The summed E-state index contributed by atoms with van der Waals surface area (Å²) < 4.78 is 1.87. The van der Waals surface area contributed by atoms with Gasteiger partial charge in [0.1, 0.15) is 5.69 Å². The van der Waals surface area contributed by atoms with E-state index in [1.54, 1.807) is 12.5 Å². The fourth-order valence-electron chi connectivity index (χ4n) is 0.944. The summed E-state index contributed by atoms with van der Waals surface area (Å²) in [7, 11) is 0. The van der Waals surface area contributed by atoms with Crippen LogP contribution in [0.1, 0.15) is 30.3 Å². The Morgan fingerprint density at radius 2 is 2.55 bits per heavy atom. The standard InChI is InChI=1S/C8H12N2O/c1-2-3-4-10-7-9-5-8(10)6-11/h5-7H,2-4H2,1H3. The molecule has 0 saturated carbocycles. The highest BCUT2D eigenvalue weighted by atomic mass is 16.1. The van der Waals surface area contributed by atoms with E-state index in [-0.39, 0.29) is 0 Å². The van der Waals surface area contributed by atoms with E-state index >= 15 is 0 Å². The van der Waals surface area contributed by atoms with Crippen molar-refractivity contribution in [1.29, 1.82) is 0 Å². The van der Waals surface area contributed by atoms with Crippen molar-refractivity contribution in [1.82, 2.24) is 9.55 Å². The monoisotopic (exact) mass is 152 g/mol. The Balaban J connectivity index is 2.61. The Morgan fingerprint density at radius 1 is 1.73 bits per heavy atom. The van der Waals surface area contributed by atoms with Gasteiger partial charge in [0.15, 0.2) is 6.29 Å². The number of nitrogens with zero attached hydrogens (tertiary/aromatic N) is 2. The zero-order valence-electron chi connectivity index (χ0n) is 6.66. The number of hydrogen-bond donors (Lipinski definition) is 0. The van der Waals surface area contributed by atoms with Gasteiger partial charge < -0.3 is 4.57 Å². The van der Waals surface area contributed by atoms with Gasteiger partial charge in [-0.15, -0.1) is 0 Å². The lowest BCUT2D eigenvalue weighted by molar-refractivity contribution is 0.111. The molecule has 3 heteroatoms. The maximum absolute atomic E-state index is 10.4. The first-order chi connectivity index (χ1) is 5.38. The molecule has 0 fully saturated rings. The third-order valence-electron chi connectivity index (χ3n) is 1.62. The average Bonchev–Trinajstić information content (AvgIpc) is 2.47. The first-order valence-electron chi connectivity index (χ1n) is 3.83. The van der Waals surface area contributed by atoms with Gasteiger partial charge in [-0.3, -0.25) is 4.79 Å². The lowest BCUT2D eigenvalue weighted by Gasteiger charge is -2.00. The quantitative estimate of drug-likeness (QED) is 0.613. The highest BCUT2D eigenvalue weighted by molar-refractivity contribution is 5.71. The van der Waals surface area contributed by atoms with Crippen molar-refractivity contribution in [2.24, 2.45) is 0 Å². The molecule has 0 N–H and O–H groups in total. The van der Waals surface area contributed by atoms with Gasteiger partial charge in [-0.2, -0.15) is 0 Å². The van der Waals surface area contributed by atoms with Crippen LogP contribution in [0.5, 0.6) is 0 Å². The first-order valence-corrected chi connectivity index (χ1v) is 3.83. The minimum atomic E-state index is 0.665. The predicted octanol–water partition coefficient (Wildman–Crippen LogP) is 1.50. The van der Waals surface area contributed by atoms with Gasteiger partial charge in [-0.25, -0.2) is 4.98 Å². The molecule has 0 aliphatic heterocycles. The molecular weight excluding hydrogens is 140 g/mol. The molecule has 0 aliphatic carbocycles. The lowest BCUT2D eigenvalue weighted by Crippen LogP contribution is -1.99. The van der Waals surface area contributed by atoms with Crippen molar-refractivity contribution in [3.63, 3.8) is 0 Å². The van der Waals surface area contributed by atoms with Crippen LogP contribution in [0.4, 0.5) is 0 Å². The number of imidazole rings is 1. The zero-order chi connectivity index (χ0) is 8.10. The first kappa shape index (κ1) is 7.98. The summed E-state index contributed by atoms with van der Waals surface area (Å²) in [6, 6.07) is 0. The maximum Gasteiger partial charge on any atom is 0.168 e. The minimum absolute atomic E-state index is 0.665. The number of carbonyl (C=O) groups is 1. The molecule has 0 unspecified atom stereocenters. The topological polar surface area (TPSA) is 34.9 Å². The Morgan fingerprint density at radius 3 is 3.18 bits per heavy atom. The van der Waals surface area contributed by atoms with Crippen LogP contribution in [0.25, 0.3) is 0 Å². The molecule has 1 aromatic rings. The van der Waals surface area contributed by atoms with Crippen LogP contribution in [0.15, 0.2) is 12.5 Å². The molecule has 0 bridgehead atoms. The predicted molar refractivity (Wildman–Crippen MR) is 42.5 cm³/mol. The fourth-order valence-corrected chi connectivity index (χ4v) is 0.944. The number of carbonyl (C=O) groups excluding carboxylic acids is 1. The van der Waals surface area contributed by atoms with Crippen LogP contribution in [0.2, 0.25) is 0 Å². The molecule has 3 nitrogen and oxygen atoms in total.